The number of carbonyl (C=O) groups is 3. The minimum absolute atomic E-state index is 0.0187. The molecule has 2 heterocycles. The van der Waals surface area contributed by atoms with Gasteiger partial charge in [-0.15, -0.1) is 0 Å². The predicted molar refractivity (Wildman–Crippen MR) is 200 cm³/mol. The van der Waals surface area contributed by atoms with Gasteiger partial charge in [0.25, 0.3) is 5.91 Å². The number of aromatic amines is 1. The van der Waals surface area contributed by atoms with Crippen molar-refractivity contribution in [2.75, 3.05) is 5.32 Å². The normalized spacial score (nSPS) is 16.9. The Kier molecular flexibility index (Phi) is 9.20. The molecule has 10 nitrogen and oxygen atoms in total. The number of aromatic nitrogens is 3. The van der Waals surface area contributed by atoms with E-state index in [2.05, 4.69) is 27.0 Å². The number of anilines is 1. The van der Waals surface area contributed by atoms with E-state index in [0.717, 1.165) is 33.1 Å². The van der Waals surface area contributed by atoms with Crippen LogP contribution in [0.2, 0.25) is 0 Å². The molecule has 4 N–H and O–H groups in total. The summed E-state index contributed by atoms with van der Waals surface area (Å²) in [5, 5.41) is 5.57. The number of nitrogens with zero attached hydrogens (tertiary/aromatic N) is 2. The molecular weight excluding hydrogens is 661 g/mol. The number of amides is 1. The summed E-state index contributed by atoms with van der Waals surface area (Å²) in [6.45, 7) is 7.05. The van der Waals surface area contributed by atoms with Crippen LogP contribution in [0.25, 0.3) is 49.9 Å². The molecule has 0 aliphatic heterocycles. The van der Waals surface area contributed by atoms with Crippen LogP contribution in [-0.4, -0.2) is 50.1 Å². The Labute approximate surface area is 300 Å². The van der Waals surface area contributed by atoms with Crippen LogP contribution in [0.15, 0.2) is 78.9 Å². The fraction of sp³-hybridized carbons (Fsp3) is 0.317. The van der Waals surface area contributed by atoms with Crippen LogP contribution >= 0.6 is 0 Å². The summed E-state index contributed by atoms with van der Waals surface area (Å²) >= 11 is 0. The number of imidazole rings is 1. The number of para-hydroxylation sites is 1. The lowest BCUT2D eigenvalue weighted by Gasteiger charge is -2.30. The number of fused-ring (bicyclic) bond motifs is 4. The van der Waals surface area contributed by atoms with E-state index >= 15 is 0 Å². The Morgan fingerprint density at radius 2 is 1.73 bits per heavy atom. The molecular formula is C41H42FN5O5. The molecule has 268 valence electrons. The number of halogens is 1. The average Bonchev–Trinajstić information content (AvgIpc) is 3.67. The first-order valence-corrected chi connectivity index (χ1v) is 17.7. The average molecular weight is 704 g/mol. The van der Waals surface area contributed by atoms with Crippen molar-refractivity contribution in [3.8, 4) is 17.1 Å². The highest BCUT2D eigenvalue weighted by atomic mass is 19.1. The lowest BCUT2D eigenvalue weighted by atomic mass is 9.92. The number of esters is 2. The summed E-state index contributed by atoms with van der Waals surface area (Å²) in [4.78, 5) is 45.7. The molecule has 1 saturated carbocycles. The summed E-state index contributed by atoms with van der Waals surface area (Å²) in [5.74, 6) is -1.68. The van der Waals surface area contributed by atoms with Crippen LogP contribution in [0.1, 0.15) is 70.2 Å². The van der Waals surface area contributed by atoms with Gasteiger partial charge in [-0.1, -0.05) is 37.3 Å². The number of hydrogen-bond donors (Lipinski definition) is 3. The van der Waals surface area contributed by atoms with Gasteiger partial charge in [-0.05, 0) is 95.0 Å². The summed E-state index contributed by atoms with van der Waals surface area (Å²) < 4.78 is 27.3. The third kappa shape index (κ3) is 7.08. The van der Waals surface area contributed by atoms with Gasteiger partial charge in [0.2, 0.25) is 0 Å². The van der Waals surface area contributed by atoms with Crippen molar-refractivity contribution >= 4 is 56.4 Å². The molecule has 1 atom stereocenters. The van der Waals surface area contributed by atoms with Gasteiger partial charge in [-0.3, -0.25) is 14.4 Å². The minimum atomic E-state index is -0.618. The molecule has 1 fully saturated rings. The second-order valence-corrected chi connectivity index (χ2v) is 14.6. The van der Waals surface area contributed by atoms with Crippen molar-refractivity contribution < 1.29 is 28.2 Å². The second-order valence-electron chi connectivity index (χ2n) is 14.6. The standard InChI is InChI=1S/C41H42FN5O5/c1-23(20-36(48)52-41(2,3)4)40(50)51-27-16-13-25(14-17-27)44-32-22-26(15-18-28(32)38(43)49)47-34-10-6-5-8-29(34)37-30(9-7-11-35(37)47)39-45-31-19-12-24(42)21-33(31)46-39/h5-12,15,18-19,21-23,25,27,44H,13-14,16-17,20H2,1-4H3,(H2,43,49)(H,45,46)/t23-,25?,27?/m1/s1. The molecule has 0 bridgehead atoms. The molecule has 2 aromatic heterocycles. The second kappa shape index (κ2) is 13.8. The maximum Gasteiger partial charge on any atom is 0.309 e. The first kappa shape index (κ1) is 34.7. The first-order valence-electron chi connectivity index (χ1n) is 17.7. The highest BCUT2D eigenvalue weighted by Gasteiger charge is 2.29. The van der Waals surface area contributed by atoms with E-state index in [4.69, 9.17) is 20.2 Å². The molecule has 7 rings (SSSR count). The molecule has 1 aliphatic carbocycles. The molecule has 6 aromatic rings. The van der Waals surface area contributed by atoms with Crippen molar-refractivity contribution in [1.82, 2.24) is 14.5 Å². The van der Waals surface area contributed by atoms with Gasteiger partial charge in [0.05, 0.1) is 40.0 Å². The molecule has 0 unspecified atom stereocenters. The Balaban J connectivity index is 1.14. The summed E-state index contributed by atoms with van der Waals surface area (Å²) in [6.07, 6.45) is 2.40. The maximum absolute atomic E-state index is 14.0. The van der Waals surface area contributed by atoms with E-state index in [1.165, 1.54) is 12.1 Å². The van der Waals surface area contributed by atoms with Crippen LogP contribution in [-0.2, 0) is 19.1 Å². The SMILES string of the molecule is C[C@H](CC(=O)OC(C)(C)C)C(=O)OC1CCC(Nc2cc(-n3c4ccccc4c4c(-c5nc6ccc(F)cc6[nH]5)cccc43)ccc2C(N)=O)CC1. The van der Waals surface area contributed by atoms with Crippen LogP contribution in [0.5, 0.6) is 0 Å². The number of benzene rings is 4. The van der Waals surface area contributed by atoms with E-state index in [1.54, 1.807) is 39.8 Å². The smallest absolute Gasteiger partial charge is 0.309 e. The Bertz CT molecular complexity index is 2330. The Morgan fingerprint density at radius 1 is 0.981 bits per heavy atom. The number of nitrogens with two attached hydrogens (primary N) is 1. The van der Waals surface area contributed by atoms with Gasteiger partial charge < -0.3 is 30.1 Å². The van der Waals surface area contributed by atoms with Crippen LogP contribution in [0.4, 0.5) is 10.1 Å². The van der Waals surface area contributed by atoms with Gasteiger partial charge in [0.15, 0.2) is 0 Å². The quantitative estimate of drug-likeness (QED) is 0.129. The van der Waals surface area contributed by atoms with E-state index in [9.17, 15) is 18.8 Å². The molecule has 4 aromatic carbocycles. The minimum Gasteiger partial charge on any atom is -0.462 e. The zero-order valence-corrected chi connectivity index (χ0v) is 29.7. The summed E-state index contributed by atoms with van der Waals surface area (Å²) in [5.41, 5.74) is 11.2. The van der Waals surface area contributed by atoms with Gasteiger partial charge in [-0.2, -0.15) is 0 Å². The molecule has 1 amide bonds. The van der Waals surface area contributed by atoms with Crippen molar-refractivity contribution in [2.45, 2.75) is 77.5 Å². The highest BCUT2D eigenvalue weighted by Crippen LogP contribution is 2.39. The number of hydrogen-bond acceptors (Lipinski definition) is 7. The molecule has 0 spiro atoms. The largest absolute Gasteiger partial charge is 0.462 e. The molecule has 52 heavy (non-hydrogen) atoms. The van der Waals surface area contributed by atoms with Gasteiger partial charge in [0.1, 0.15) is 23.3 Å². The lowest BCUT2D eigenvalue weighted by Crippen LogP contribution is -2.33. The van der Waals surface area contributed by atoms with Crippen LogP contribution < -0.4 is 11.1 Å². The first-order chi connectivity index (χ1) is 24.8. The lowest BCUT2D eigenvalue weighted by molar-refractivity contribution is -0.164. The van der Waals surface area contributed by atoms with Crippen molar-refractivity contribution in [3.05, 3.63) is 90.2 Å². The fourth-order valence-corrected chi connectivity index (χ4v) is 7.15. The Hall–Kier alpha value is -5.71. The number of H-pyrrole nitrogens is 1. The van der Waals surface area contributed by atoms with E-state index < -0.39 is 29.4 Å². The predicted octanol–water partition coefficient (Wildman–Crippen LogP) is 8.20. The molecule has 0 radical (unpaired) electrons. The number of ether oxygens (including phenoxy) is 2. The topological polar surface area (TPSA) is 141 Å². The van der Waals surface area contributed by atoms with Gasteiger partial charge >= 0.3 is 11.9 Å². The van der Waals surface area contributed by atoms with Crippen molar-refractivity contribution in [1.29, 1.82) is 0 Å². The Morgan fingerprint density at radius 3 is 2.48 bits per heavy atom. The number of rotatable bonds is 9. The molecule has 1 aliphatic rings. The fourth-order valence-electron chi connectivity index (χ4n) is 7.15. The summed E-state index contributed by atoms with van der Waals surface area (Å²) in [7, 11) is 0. The van der Waals surface area contributed by atoms with Gasteiger partial charge in [0, 0.05) is 33.8 Å². The third-order valence-electron chi connectivity index (χ3n) is 9.54. The third-order valence-corrected chi connectivity index (χ3v) is 9.54. The van der Waals surface area contributed by atoms with Crippen molar-refractivity contribution in [2.24, 2.45) is 11.7 Å². The van der Waals surface area contributed by atoms with Crippen LogP contribution in [0, 0.1) is 11.7 Å². The monoisotopic (exact) mass is 703 g/mol. The zero-order chi connectivity index (χ0) is 36.7. The van der Waals surface area contributed by atoms with E-state index in [-0.39, 0.29) is 24.4 Å². The van der Waals surface area contributed by atoms with Gasteiger partial charge in [-0.25, -0.2) is 9.37 Å². The van der Waals surface area contributed by atoms with Crippen molar-refractivity contribution in [3.63, 3.8) is 0 Å². The molecule has 0 saturated heterocycles. The van der Waals surface area contributed by atoms with E-state index in [1.807, 2.05) is 42.5 Å². The molecule has 11 heteroatoms. The zero-order valence-electron chi connectivity index (χ0n) is 29.7. The highest BCUT2D eigenvalue weighted by molar-refractivity contribution is 6.15. The van der Waals surface area contributed by atoms with E-state index in [0.29, 0.717) is 53.8 Å². The maximum atomic E-state index is 14.0. The number of primary amides is 1. The number of carbonyl (C=O) groups excluding carboxylic acids is 3. The van der Waals surface area contributed by atoms with Crippen LogP contribution in [0.3, 0.4) is 0 Å². The summed E-state index contributed by atoms with van der Waals surface area (Å²) in [6, 6.07) is 24.3. The number of nitrogens with one attached hydrogen (secondary N) is 2.